The van der Waals surface area contributed by atoms with E-state index in [9.17, 15) is 0 Å². The zero-order valence-electron chi connectivity index (χ0n) is 7.02. The highest BCUT2D eigenvalue weighted by molar-refractivity contribution is 4.92. The van der Waals surface area contributed by atoms with Crippen molar-refractivity contribution in [3.05, 3.63) is 18.6 Å². The van der Waals surface area contributed by atoms with Gasteiger partial charge in [-0.1, -0.05) is 18.6 Å². The molecular formula is C9H17O. The van der Waals surface area contributed by atoms with Crippen LogP contribution in [0.4, 0.5) is 0 Å². The molecule has 0 heterocycles. The van der Waals surface area contributed by atoms with Crippen LogP contribution in [0.1, 0.15) is 26.7 Å². The molecule has 0 aromatic heterocycles. The van der Waals surface area contributed by atoms with Crippen LogP contribution in [0.5, 0.6) is 0 Å². The lowest BCUT2D eigenvalue weighted by molar-refractivity contribution is 0.143. The van der Waals surface area contributed by atoms with Crippen LogP contribution in [0.15, 0.2) is 11.6 Å². The summed E-state index contributed by atoms with van der Waals surface area (Å²) < 4.78 is 5.23. The maximum absolute atomic E-state index is 5.23. The minimum absolute atomic E-state index is 0.788. The molecule has 0 bridgehead atoms. The molecule has 1 nitrogen and oxygen atoms in total. The van der Waals surface area contributed by atoms with Gasteiger partial charge in [0.15, 0.2) is 0 Å². The summed E-state index contributed by atoms with van der Waals surface area (Å²) in [6.45, 7) is 9.50. The molecule has 0 aliphatic heterocycles. The van der Waals surface area contributed by atoms with Gasteiger partial charge in [-0.15, -0.1) is 0 Å². The van der Waals surface area contributed by atoms with Gasteiger partial charge in [0.1, 0.15) is 0 Å². The average Bonchev–Trinajstić information content (AvgIpc) is 1.87. The third-order valence-electron chi connectivity index (χ3n) is 1.10. The van der Waals surface area contributed by atoms with E-state index in [1.54, 1.807) is 0 Å². The largest absolute Gasteiger partial charge is 0.381 e. The van der Waals surface area contributed by atoms with Gasteiger partial charge in [0.25, 0.3) is 0 Å². The molecule has 1 radical (unpaired) electrons. The Morgan fingerprint density at radius 1 is 1.40 bits per heavy atom. The topological polar surface area (TPSA) is 9.23 Å². The predicted molar refractivity (Wildman–Crippen MR) is 44.8 cm³/mol. The summed E-state index contributed by atoms with van der Waals surface area (Å²) in [6.07, 6.45) is 4.08. The van der Waals surface area contributed by atoms with Gasteiger partial charge in [-0.05, 0) is 26.7 Å². The van der Waals surface area contributed by atoms with E-state index in [2.05, 4.69) is 26.8 Å². The fraction of sp³-hybridized carbons (Fsp3) is 0.667. The van der Waals surface area contributed by atoms with Gasteiger partial charge in [-0.2, -0.15) is 0 Å². The number of ether oxygens (including phenoxy) is 1. The highest BCUT2D eigenvalue weighted by Gasteiger charge is 1.83. The van der Waals surface area contributed by atoms with E-state index in [1.807, 2.05) is 0 Å². The molecule has 0 saturated heterocycles. The zero-order valence-corrected chi connectivity index (χ0v) is 7.02. The lowest BCUT2D eigenvalue weighted by Gasteiger charge is -1.97. The Balaban J connectivity index is 2.98. The fourth-order valence-corrected chi connectivity index (χ4v) is 0.635. The second-order valence-electron chi connectivity index (χ2n) is 2.54. The van der Waals surface area contributed by atoms with E-state index < -0.39 is 0 Å². The monoisotopic (exact) mass is 141 g/mol. The smallest absolute Gasteiger partial charge is 0.0500 e. The number of hydrogen-bond acceptors (Lipinski definition) is 1. The first-order chi connectivity index (χ1) is 4.77. The third-order valence-corrected chi connectivity index (χ3v) is 1.10. The first kappa shape index (κ1) is 9.70. The van der Waals surface area contributed by atoms with Gasteiger partial charge in [-0.3, -0.25) is 0 Å². The van der Waals surface area contributed by atoms with Gasteiger partial charge < -0.3 is 4.74 Å². The Kier molecular flexibility index (Phi) is 6.61. The van der Waals surface area contributed by atoms with Gasteiger partial charge in [0.05, 0.1) is 6.61 Å². The summed E-state index contributed by atoms with van der Waals surface area (Å²) in [5, 5.41) is 0. The molecule has 0 fully saturated rings. The van der Waals surface area contributed by atoms with Crippen molar-refractivity contribution < 1.29 is 4.74 Å². The highest BCUT2D eigenvalue weighted by Crippen LogP contribution is 1.93. The minimum Gasteiger partial charge on any atom is -0.381 e. The molecule has 59 valence electrons. The van der Waals surface area contributed by atoms with Crippen molar-refractivity contribution >= 4 is 0 Å². The molecular weight excluding hydrogens is 124 g/mol. The summed E-state index contributed by atoms with van der Waals surface area (Å²) in [5.74, 6) is 0. The molecule has 0 amide bonds. The maximum Gasteiger partial charge on any atom is 0.0500 e. The maximum atomic E-state index is 5.23. The second-order valence-corrected chi connectivity index (χ2v) is 2.54. The van der Waals surface area contributed by atoms with E-state index in [-0.39, 0.29) is 0 Å². The highest BCUT2D eigenvalue weighted by atomic mass is 16.5. The lowest BCUT2D eigenvalue weighted by Crippen LogP contribution is -1.93. The average molecular weight is 141 g/mol. The molecule has 1 heteroatoms. The summed E-state index contributed by atoms with van der Waals surface area (Å²) >= 11 is 0. The molecule has 0 atom stereocenters. The lowest BCUT2D eigenvalue weighted by atomic mass is 10.3. The van der Waals surface area contributed by atoms with Crippen LogP contribution in [0, 0.1) is 6.92 Å². The van der Waals surface area contributed by atoms with Gasteiger partial charge in [0.2, 0.25) is 0 Å². The summed E-state index contributed by atoms with van der Waals surface area (Å²) in [7, 11) is 0. The van der Waals surface area contributed by atoms with E-state index >= 15 is 0 Å². The van der Waals surface area contributed by atoms with E-state index in [1.165, 1.54) is 5.57 Å². The van der Waals surface area contributed by atoms with Crippen molar-refractivity contribution in [3.63, 3.8) is 0 Å². The molecule has 0 unspecified atom stereocenters. The van der Waals surface area contributed by atoms with Crippen LogP contribution in [0.25, 0.3) is 0 Å². The van der Waals surface area contributed by atoms with Gasteiger partial charge >= 0.3 is 0 Å². The van der Waals surface area contributed by atoms with Crippen molar-refractivity contribution in [1.82, 2.24) is 0 Å². The minimum atomic E-state index is 0.788. The van der Waals surface area contributed by atoms with Gasteiger partial charge in [-0.25, -0.2) is 0 Å². The predicted octanol–water partition coefficient (Wildman–Crippen LogP) is 2.58. The molecule has 0 rings (SSSR count). The molecule has 0 aliphatic carbocycles. The van der Waals surface area contributed by atoms with Crippen LogP contribution in [-0.2, 0) is 4.74 Å². The zero-order chi connectivity index (χ0) is 7.82. The Hall–Kier alpha value is -0.300. The Labute approximate surface area is 64.1 Å². The number of rotatable bonds is 5. The second kappa shape index (κ2) is 6.81. The molecule has 0 aromatic rings. The molecule has 0 spiro atoms. The van der Waals surface area contributed by atoms with Crippen LogP contribution < -0.4 is 0 Å². The Bertz CT molecular complexity index is 90.9. The van der Waals surface area contributed by atoms with Crippen molar-refractivity contribution in [2.75, 3.05) is 13.2 Å². The van der Waals surface area contributed by atoms with Crippen molar-refractivity contribution in [2.24, 2.45) is 0 Å². The van der Waals surface area contributed by atoms with Gasteiger partial charge in [0, 0.05) is 6.61 Å². The van der Waals surface area contributed by atoms with Crippen molar-refractivity contribution in [1.29, 1.82) is 0 Å². The summed E-state index contributed by atoms with van der Waals surface area (Å²) in [6, 6.07) is 0. The van der Waals surface area contributed by atoms with Crippen LogP contribution >= 0.6 is 0 Å². The first-order valence-electron chi connectivity index (χ1n) is 3.77. The van der Waals surface area contributed by atoms with Crippen molar-refractivity contribution in [2.45, 2.75) is 26.7 Å². The van der Waals surface area contributed by atoms with E-state index in [4.69, 9.17) is 4.74 Å². The SMILES string of the molecule is [CH2]CCOCCC=C(C)C. The quantitative estimate of drug-likeness (QED) is 0.422. The molecule has 0 aliphatic rings. The Morgan fingerprint density at radius 2 is 2.10 bits per heavy atom. The van der Waals surface area contributed by atoms with E-state index in [0.717, 1.165) is 26.1 Å². The number of allylic oxidation sites excluding steroid dienone is 1. The fourth-order valence-electron chi connectivity index (χ4n) is 0.635. The normalized spacial score (nSPS) is 9.50. The molecule has 0 N–H and O–H groups in total. The number of hydrogen-bond donors (Lipinski definition) is 0. The molecule has 0 saturated carbocycles. The molecule has 10 heavy (non-hydrogen) atoms. The standard InChI is InChI=1S/C9H17O/c1-4-7-10-8-5-6-9(2)3/h6H,1,4-5,7-8H2,2-3H3. The molecule has 0 aromatic carbocycles. The van der Waals surface area contributed by atoms with Crippen LogP contribution in [-0.4, -0.2) is 13.2 Å². The summed E-state index contributed by atoms with van der Waals surface area (Å²) in [4.78, 5) is 0. The Morgan fingerprint density at radius 3 is 2.60 bits per heavy atom. The summed E-state index contributed by atoms with van der Waals surface area (Å²) in [5.41, 5.74) is 1.36. The first-order valence-corrected chi connectivity index (χ1v) is 3.77. The third kappa shape index (κ3) is 7.70. The van der Waals surface area contributed by atoms with Crippen LogP contribution in [0.2, 0.25) is 0 Å². The van der Waals surface area contributed by atoms with Crippen LogP contribution in [0.3, 0.4) is 0 Å². The van der Waals surface area contributed by atoms with E-state index in [0.29, 0.717) is 0 Å². The van der Waals surface area contributed by atoms with Crippen molar-refractivity contribution in [3.8, 4) is 0 Å².